The molecule has 0 fully saturated rings. The highest BCUT2D eigenvalue weighted by atomic mass is 16.4. The van der Waals surface area contributed by atoms with E-state index in [1.165, 1.54) is 0 Å². The molecule has 0 aliphatic heterocycles. The van der Waals surface area contributed by atoms with Crippen LogP contribution in [0.15, 0.2) is 30.3 Å². The minimum absolute atomic E-state index is 0.0739. The number of rotatable bonds is 7. The average molecular weight is 279 g/mol. The van der Waals surface area contributed by atoms with Gasteiger partial charge in [0.15, 0.2) is 0 Å². The maximum atomic E-state index is 12.0. The van der Waals surface area contributed by atoms with Gasteiger partial charge < -0.3 is 15.5 Å². The van der Waals surface area contributed by atoms with E-state index in [9.17, 15) is 14.7 Å². The van der Waals surface area contributed by atoms with Crippen molar-refractivity contribution in [3.8, 4) is 0 Å². The maximum Gasteiger partial charge on any atom is 0.303 e. The van der Waals surface area contributed by atoms with Crippen LogP contribution in [0.5, 0.6) is 0 Å². The van der Waals surface area contributed by atoms with Gasteiger partial charge in [-0.05, 0) is 11.0 Å². The Bertz CT molecular complexity index is 456. The Morgan fingerprint density at radius 3 is 2.30 bits per heavy atom. The normalized spacial score (nSPS) is 12.8. The molecule has 1 rings (SSSR count). The molecule has 0 aromatic heterocycles. The molecule has 0 radical (unpaired) electrons. The quantitative estimate of drug-likeness (QED) is 0.709. The fourth-order valence-electron chi connectivity index (χ4n) is 2.07. The van der Waals surface area contributed by atoms with Crippen LogP contribution in [0.3, 0.4) is 0 Å². The Kier molecular flexibility index (Phi) is 5.70. The summed E-state index contributed by atoms with van der Waals surface area (Å²) in [7, 11) is 0. The summed E-state index contributed by atoms with van der Waals surface area (Å²) in [6.07, 6.45) is 0.0260. The van der Waals surface area contributed by atoms with Crippen molar-refractivity contribution >= 4 is 11.9 Å². The summed E-state index contributed by atoms with van der Waals surface area (Å²) in [5, 5.41) is 20.9. The Morgan fingerprint density at radius 1 is 1.20 bits per heavy atom. The van der Waals surface area contributed by atoms with Crippen molar-refractivity contribution < 1.29 is 19.8 Å². The van der Waals surface area contributed by atoms with Crippen LogP contribution in [0, 0.1) is 5.41 Å². The molecule has 0 saturated carbocycles. The number of hydrogen-bond donors (Lipinski definition) is 3. The first kappa shape index (κ1) is 16.2. The zero-order valence-corrected chi connectivity index (χ0v) is 11.8. The van der Waals surface area contributed by atoms with Crippen LogP contribution in [-0.2, 0) is 9.59 Å². The van der Waals surface area contributed by atoms with Crippen molar-refractivity contribution in [1.29, 1.82) is 0 Å². The number of amides is 1. The van der Waals surface area contributed by atoms with Crippen LogP contribution in [-0.4, -0.2) is 28.7 Å². The first-order valence-corrected chi connectivity index (χ1v) is 6.51. The molecule has 110 valence electrons. The molecular formula is C15H21NO4. The lowest BCUT2D eigenvalue weighted by Crippen LogP contribution is -2.34. The number of carboxylic acid groups (broad SMARTS) is 1. The molecule has 1 aromatic rings. The minimum atomic E-state index is -0.926. The van der Waals surface area contributed by atoms with Gasteiger partial charge >= 0.3 is 5.97 Å². The molecule has 0 aliphatic carbocycles. The van der Waals surface area contributed by atoms with E-state index in [2.05, 4.69) is 5.32 Å². The highest BCUT2D eigenvalue weighted by Crippen LogP contribution is 2.25. The van der Waals surface area contributed by atoms with Gasteiger partial charge in [0.05, 0.1) is 19.1 Å². The lowest BCUT2D eigenvalue weighted by molar-refractivity contribution is -0.139. The van der Waals surface area contributed by atoms with E-state index in [-0.39, 0.29) is 25.4 Å². The zero-order valence-electron chi connectivity index (χ0n) is 11.8. The Balaban J connectivity index is 2.62. The molecular weight excluding hydrogens is 258 g/mol. The number of aliphatic hydroxyl groups is 1. The number of aliphatic carboxylic acids is 1. The van der Waals surface area contributed by atoms with E-state index < -0.39 is 17.4 Å². The van der Waals surface area contributed by atoms with Crippen LogP contribution in [0.4, 0.5) is 0 Å². The number of benzene rings is 1. The molecule has 0 spiro atoms. The van der Waals surface area contributed by atoms with Gasteiger partial charge in [0.25, 0.3) is 0 Å². The lowest BCUT2D eigenvalue weighted by atomic mass is 9.85. The van der Waals surface area contributed by atoms with Crippen LogP contribution >= 0.6 is 0 Å². The molecule has 0 aliphatic rings. The average Bonchev–Trinajstić information content (AvgIpc) is 2.34. The summed E-state index contributed by atoms with van der Waals surface area (Å²) in [5.41, 5.74) is 0.200. The predicted molar refractivity (Wildman–Crippen MR) is 75.1 cm³/mol. The third kappa shape index (κ3) is 5.40. The zero-order chi connectivity index (χ0) is 15.2. The first-order valence-electron chi connectivity index (χ1n) is 6.51. The van der Waals surface area contributed by atoms with Gasteiger partial charge in [-0.1, -0.05) is 44.2 Å². The van der Waals surface area contributed by atoms with Crippen molar-refractivity contribution in [2.45, 2.75) is 32.7 Å². The first-order chi connectivity index (χ1) is 9.34. The second-order valence-electron chi connectivity index (χ2n) is 5.62. The third-order valence-corrected chi connectivity index (χ3v) is 2.99. The number of carbonyl (C=O) groups excluding carboxylic acids is 1. The van der Waals surface area contributed by atoms with E-state index in [4.69, 9.17) is 5.11 Å². The second-order valence-corrected chi connectivity index (χ2v) is 5.62. The largest absolute Gasteiger partial charge is 0.481 e. The van der Waals surface area contributed by atoms with Crippen molar-refractivity contribution in [2.75, 3.05) is 6.61 Å². The summed E-state index contributed by atoms with van der Waals surface area (Å²) in [6, 6.07) is 8.70. The van der Waals surface area contributed by atoms with Crippen molar-refractivity contribution in [3.05, 3.63) is 35.9 Å². The van der Waals surface area contributed by atoms with E-state index in [0.29, 0.717) is 0 Å². The molecule has 3 N–H and O–H groups in total. The summed E-state index contributed by atoms with van der Waals surface area (Å²) in [5.74, 6) is -1.19. The number of carboxylic acids is 1. The van der Waals surface area contributed by atoms with Crippen molar-refractivity contribution in [1.82, 2.24) is 5.32 Å². The lowest BCUT2D eigenvalue weighted by Gasteiger charge is -2.24. The summed E-state index contributed by atoms with van der Waals surface area (Å²) in [4.78, 5) is 22.7. The third-order valence-electron chi connectivity index (χ3n) is 2.99. The van der Waals surface area contributed by atoms with Gasteiger partial charge in [-0.3, -0.25) is 9.59 Å². The van der Waals surface area contributed by atoms with Crippen LogP contribution in [0.2, 0.25) is 0 Å². The monoisotopic (exact) mass is 279 g/mol. The summed E-state index contributed by atoms with van der Waals surface area (Å²) < 4.78 is 0. The summed E-state index contributed by atoms with van der Waals surface area (Å²) in [6.45, 7) is 3.27. The topological polar surface area (TPSA) is 86.6 Å². The number of aliphatic hydroxyl groups excluding tert-OH is 1. The molecule has 0 heterocycles. The smallest absolute Gasteiger partial charge is 0.303 e. The fraction of sp³-hybridized carbons (Fsp3) is 0.467. The van der Waals surface area contributed by atoms with Gasteiger partial charge in [0.2, 0.25) is 5.91 Å². The van der Waals surface area contributed by atoms with E-state index >= 15 is 0 Å². The standard InChI is InChI=1S/C15H21NO4/c1-15(2,9-14(19)20)8-13(18)16-12(10-17)11-6-4-3-5-7-11/h3-7,12,17H,8-10H2,1-2H3,(H,16,18)(H,19,20)/t12-/m1/s1. The molecule has 0 unspecified atom stereocenters. The van der Waals surface area contributed by atoms with Gasteiger partial charge in [0, 0.05) is 6.42 Å². The molecule has 0 bridgehead atoms. The van der Waals surface area contributed by atoms with Gasteiger partial charge in [-0.15, -0.1) is 0 Å². The Labute approximate surface area is 118 Å². The minimum Gasteiger partial charge on any atom is -0.481 e. The highest BCUT2D eigenvalue weighted by Gasteiger charge is 2.26. The molecule has 1 atom stereocenters. The molecule has 20 heavy (non-hydrogen) atoms. The number of hydrogen-bond acceptors (Lipinski definition) is 3. The predicted octanol–water partition coefficient (Wildman–Crippen LogP) is 1.73. The Morgan fingerprint density at radius 2 is 1.80 bits per heavy atom. The maximum absolute atomic E-state index is 12.0. The molecule has 5 heteroatoms. The van der Waals surface area contributed by atoms with Crippen LogP contribution < -0.4 is 5.32 Å². The fourth-order valence-corrected chi connectivity index (χ4v) is 2.07. The number of nitrogens with one attached hydrogen (secondary N) is 1. The van der Waals surface area contributed by atoms with Gasteiger partial charge in [-0.2, -0.15) is 0 Å². The van der Waals surface area contributed by atoms with Gasteiger partial charge in [-0.25, -0.2) is 0 Å². The van der Waals surface area contributed by atoms with E-state index in [0.717, 1.165) is 5.56 Å². The van der Waals surface area contributed by atoms with E-state index in [1.807, 2.05) is 30.3 Å². The molecule has 0 saturated heterocycles. The molecule has 5 nitrogen and oxygen atoms in total. The van der Waals surface area contributed by atoms with Crippen LogP contribution in [0.25, 0.3) is 0 Å². The second kappa shape index (κ2) is 7.05. The van der Waals surface area contributed by atoms with Crippen molar-refractivity contribution in [3.63, 3.8) is 0 Å². The summed E-state index contributed by atoms with van der Waals surface area (Å²) >= 11 is 0. The van der Waals surface area contributed by atoms with Crippen molar-refractivity contribution in [2.24, 2.45) is 5.41 Å². The molecule has 1 amide bonds. The Hall–Kier alpha value is -1.88. The SMILES string of the molecule is CC(C)(CC(=O)O)CC(=O)N[C@H](CO)c1ccccc1. The number of carbonyl (C=O) groups is 2. The van der Waals surface area contributed by atoms with Gasteiger partial charge in [0.1, 0.15) is 0 Å². The van der Waals surface area contributed by atoms with E-state index in [1.54, 1.807) is 13.8 Å². The highest BCUT2D eigenvalue weighted by molar-refractivity contribution is 5.78. The van der Waals surface area contributed by atoms with Crippen LogP contribution in [0.1, 0.15) is 38.3 Å². The molecule has 1 aromatic carbocycles.